The van der Waals surface area contributed by atoms with Crippen LogP contribution in [0, 0.1) is 0 Å². The number of esters is 1. The third kappa shape index (κ3) is 4.39. The number of para-hydroxylation sites is 2. The van der Waals surface area contributed by atoms with E-state index in [4.69, 9.17) is 9.26 Å². The van der Waals surface area contributed by atoms with Crippen molar-refractivity contribution in [3.63, 3.8) is 0 Å². The van der Waals surface area contributed by atoms with Gasteiger partial charge in [-0.3, -0.25) is 9.59 Å². The van der Waals surface area contributed by atoms with Crippen molar-refractivity contribution in [1.82, 2.24) is 5.16 Å². The highest BCUT2D eigenvalue weighted by Gasteiger charge is 2.21. The zero-order chi connectivity index (χ0) is 20.1. The van der Waals surface area contributed by atoms with Gasteiger partial charge in [-0.2, -0.15) is 0 Å². The molecule has 0 spiro atoms. The van der Waals surface area contributed by atoms with Gasteiger partial charge in [-0.05, 0) is 43.0 Å². The van der Waals surface area contributed by atoms with Crippen LogP contribution in [0.2, 0.25) is 0 Å². The van der Waals surface area contributed by atoms with E-state index in [1.807, 2.05) is 42.5 Å². The number of fused-ring (bicyclic) bond motifs is 1. The van der Waals surface area contributed by atoms with Gasteiger partial charge >= 0.3 is 5.97 Å². The average molecular weight is 380 g/mol. The lowest BCUT2D eigenvalue weighted by atomic mass is 9.97. The quantitative estimate of drug-likeness (QED) is 0.612. The Morgan fingerprint density at radius 3 is 2.61 bits per heavy atom. The number of nitrogens with zero attached hydrogens (tertiary/aromatic N) is 1. The van der Waals surface area contributed by atoms with E-state index in [2.05, 4.69) is 24.3 Å². The van der Waals surface area contributed by atoms with Gasteiger partial charge in [0.05, 0.1) is 6.42 Å². The predicted molar refractivity (Wildman–Crippen MR) is 107 cm³/mol. The minimum Gasteiger partial charge on any atom is -0.452 e. The summed E-state index contributed by atoms with van der Waals surface area (Å²) in [5.41, 5.74) is 2.91. The maximum Gasteiger partial charge on any atom is 0.312 e. The fraction of sp³-hybridized carbons (Fsp3) is 0.318. The number of benzene rings is 2. The second kappa shape index (κ2) is 8.69. The van der Waals surface area contributed by atoms with Gasteiger partial charge in [-0.25, -0.2) is 0 Å². The van der Waals surface area contributed by atoms with Crippen LogP contribution in [-0.2, 0) is 20.7 Å². The van der Waals surface area contributed by atoms with Gasteiger partial charge in [-0.1, -0.05) is 49.3 Å². The average Bonchev–Trinajstić information content (AvgIpc) is 3.10. The lowest BCUT2D eigenvalue weighted by Crippen LogP contribution is -2.31. The Bertz CT molecular complexity index is 979. The molecule has 0 unspecified atom stereocenters. The van der Waals surface area contributed by atoms with Gasteiger partial charge < -0.3 is 14.6 Å². The Balaban J connectivity index is 1.62. The Morgan fingerprint density at radius 1 is 1.11 bits per heavy atom. The first-order valence-electron chi connectivity index (χ1n) is 9.42. The van der Waals surface area contributed by atoms with Gasteiger partial charge in [0.15, 0.2) is 11.7 Å². The van der Waals surface area contributed by atoms with Crippen LogP contribution in [0.15, 0.2) is 53.1 Å². The number of aromatic nitrogens is 1. The van der Waals surface area contributed by atoms with Crippen molar-refractivity contribution >= 4 is 28.5 Å². The zero-order valence-corrected chi connectivity index (χ0v) is 16.3. The standard InChI is InChI=1S/C22H24N2O4/c1-4-14(2)16-9-5-7-11-18(16)23-22(26)15(3)27-21(25)13-19-17-10-6-8-12-20(17)28-24-19/h5-12,14-15H,4,13H2,1-3H3,(H,23,26)/t14-,15-/m0/s1. The normalized spacial score (nSPS) is 13.1. The molecule has 0 saturated carbocycles. The van der Waals surface area contributed by atoms with Crippen LogP contribution in [0.3, 0.4) is 0 Å². The first kappa shape index (κ1) is 19.6. The topological polar surface area (TPSA) is 81.4 Å². The number of hydrogen-bond donors (Lipinski definition) is 1. The van der Waals surface area contributed by atoms with Crippen LogP contribution in [0.1, 0.15) is 44.4 Å². The van der Waals surface area contributed by atoms with Crippen LogP contribution in [0.4, 0.5) is 5.69 Å². The van der Waals surface area contributed by atoms with Crippen LogP contribution >= 0.6 is 0 Å². The number of amides is 1. The Labute approximate surface area is 163 Å². The fourth-order valence-corrected chi connectivity index (χ4v) is 2.99. The molecule has 0 aliphatic carbocycles. The molecule has 3 aromatic rings. The Morgan fingerprint density at radius 2 is 1.82 bits per heavy atom. The molecule has 0 aliphatic rings. The summed E-state index contributed by atoms with van der Waals surface area (Å²) < 4.78 is 10.5. The third-order valence-corrected chi connectivity index (χ3v) is 4.80. The van der Waals surface area contributed by atoms with E-state index >= 15 is 0 Å². The molecular weight excluding hydrogens is 356 g/mol. The smallest absolute Gasteiger partial charge is 0.312 e. The van der Waals surface area contributed by atoms with E-state index < -0.39 is 12.1 Å². The summed E-state index contributed by atoms with van der Waals surface area (Å²) in [4.78, 5) is 24.8. The van der Waals surface area contributed by atoms with Crippen LogP contribution in [0.25, 0.3) is 11.0 Å². The minimum absolute atomic E-state index is 0.0575. The van der Waals surface area contributed by atoms with Crippen molar-refractivity contribution in [2.75, 3.05) is 5.32 Å². The number of carbonyl (C=O) groups is 2. The Hall–Kier alpha value is -3.15. The zero-order valence-electron chi connectivity index (χ0n) is 16.3. The minimum atomic E-state index is -0.921. The number of rotatable bonds is 7. The summed E-state index contributed by atoms with van der Waals surface area (Å²) >= 11 is 0. The van der Waals surface area contributed by atoms with Crippen molar-refractivity contribution in [2.45, 2.75) is 45.6 Å². The highest BCUT2D eigenvalue weighted by Crippen LogP contribution is 2.26. The molecule has 0 saturated heterocycles. The fourth-order valence-electron chi connectivity index (χ4n) is 2.99. The van der Waals surface area contributed by atoms with Crippen LogP contribution in [0.5, 0.6) is 0 Å². The number of hydrogen-bond acceptors (Lipinski definition) is 5. The molecule has 0 radical (unpaired) electrons. The summed E-state index contributed by atoms with van der Waals surface area (Å²) in [5, 5.41) is 7.55. The maximum absolute atomic E-state index is 12.5. The predicted octanol–water partition coefficient (Wildman–Crippen LogP) is 4.45. The van der Waals surface area contributed by atoms with Gasteiger partial charge in [-0.15, -0.1) is 0 Å². The molecule has 0 fully saturated rings. The number of ether oxygens (including phenoxy) is 1. The first-order valence-corrected chi connectivity index (χ1v) is 9.42. The molecule has 1 aromatic heterocycles. The second-order valence-corrected chi connectivity index (χ2v) is 6.82. The van der Waals surface area contributed by atoms with E-state index in [0.717, 1.165) is 23.1 Å². The summed E-state index contributed by atoms with van der Waals surface area (Å²) in [6, 6.07) is 15.0. The molecule has 6 nitrogen and oxygen atoms in total. The molecule has 0 bridgehead atoms. The monoisotopic (exact) mass is 380 g/mol. The molecule has 2 aromatic carbocycles. The first-order chi connectivity index (χ1) is 13.5. The Kier molecular flexibility index (Phi) is 6.09. The molecule has 3 rings (SSSR count). The second-order valence-electron chi connectivity index (χ2n) is 6.82. The highest BCUT2D eigenvalue weighted by atomic mass is 16.5. The maximum atomic E-state index is 12.5. The van der Waals surface area contributed by atoms with E-state index in [1.165, 1.54) is 0 Å². The number of carbonyl (C=O) groups excluding carboxylic acids is 2. The van der Waals surface area contributed by atoms with Crippen LogP contribution < -0.4 is 5.32 Å². The lowest BCUT2D eigenvalue weighted by Gasteiger charge is -2.18. The highest BCUT2D eigenvalue weighted by molar-refractivity contribution is 5.96. The number of nitrogens with one attached hydrogen (secondary N) is 1. The summed E-state index contributed by atoms with van der Waals surface area (Å²) in [6.45, 7) is 5.76. The van der Waals surface area contributed by atoms with Crippen molar-refractivity contribution < 1.29 is 18.8 Å². The molecule has 0 aliphatic heterocycles. The van der Waals surface area contributed by atoms with E-state index in [1.54, 1.807) is 13.0 Å². The van der Waals surface area contributed by atoms with Gasteiger partial charge in [0.1, 0.15) is 5.69 Å². The van der Waals surface area contributed by atoms with Gasteiger partial charge in [0, 0.05) is 11.1 Å². The molecule has 1 amide bonds. The van der Waals surface area contributed by atoms with Crippen LogP contribution in [-0.4, -0.2) is 23.1 Å². The van der Waals surface area contributed by atoms with E-state index in [9.17, 15) is 9.59 Å². The molecule has 6 heteroatoms. The molecule has 1 heterocycles. The third-order valence-electron chi connectivity index (χ3n) is 4.80. The van der Waals surface area contributed by atoms with Gasteiger partial charge in [0.2, 0.25) is 0 Å². The van der Waals surface area contributed by atoms with Crippen molar-refractivity contribution in [2.24, 2.45) is 0 Å². The summed E-state index contributed by atoms with van der Waals surface area (Å²) in [5.74, 6) is -0.583. The van der Waals surface area contributed by atoms with Gasteiger partial charge in [0.25, 0.3) is 5.91 Å². The number of anilines is 1. The van der Waals surface area contributed by atoms with E-state index in [0.29, 0.717) is 17.2 Å². The van der Waals surface area contributed by atoms with E-state index in [-0.39, 0.29) is 12.3 Å². The molecule has 2 atom stereocenters. The molecule has 146 valence electrons. The summed E-state index contributed by atoms with van der Waals surface area (Å²) in [7, 11) is 0. The molecule has 28 heavy (non-hydrogen) atoms. The molecule has 1 N–H and O–H groups in total. The largest absolute Gasteiger partial charge is 0.452 e. The summed E-state index contributed by atoms with van der Waals surface area (Å²) in [6.07, 6.45) is -0.0168. The molecular formula is C22H24N2O4. The SMILES string of the molecule is CC[C@H](C)c1ccccc1NC(=O)[C@H](C)OC(=O)Cc1noc2ccccc12. The van der Waals surface area contributed by atoms with Crippen molar-refractivity contribution in [3.05, 3.63) is 59.8 Å². The van der Waals surface area contributed by atoms with Crippen molar-refractivity contribution in [3.8, 4) is 0 Å². The van der Waals surface area contributed by atoms with Crippen molar-refractivity contribution in [1.29, 1.82) is 0 Å². The lowest BCUT2D eigenvalue weighted by molar-refractivity contribution is -0.152.